The van der Waals surface area contributed by atoms with Crippen LogP contribution in [0.3, 0.4) is 0 Å². The second-order valence-electron chi connectivity index (χ2n) is 5.56. The molecule has 21 heavy (non-hydrogen) atoms. The zero-order valence-corrected chi connectivity index (χ0v) is 12.5. The number of aromatic nitrogens is 1. The lowest BCUT2D eigenvalue weighted by molar-refractivity contribution is -0.100. The van der Waals surface area contributed by atoms with Gasteiger partial charge in [-0.05, 0) is 37.3 Å². The van der Waals surface area contributed by atoms with Crippen LogP contribution in [-0.4, -0.2) is 47.9 Å². The fourth-order valence-electron chi connectivity index (χ4n) is 3.16. The molecule has 0 N–H and O–H groups in total. The molecule has 2 aliphatic rings. The smallest absolute Gasteiger partial charge is 0.254 e. The zero-order valence-electron chi connectivity index (χ0n) is 12.5. The normalized spacial score (nSPS) is 23.5. The Morgan fingerprint density at radius 1 is 1.38 bits per heavy atom. The molecule has 0 spiro atoms. The van der Waals surface area contributed by atoms with Gasteiger partial charge in [0.15, 0.2) is 6.29 Å². The lowest BCUT2D eigenvalue weighted by Crippen LogP contribution is -2.50. The van der Waals surface area contributed by atoms with Crippen LogP contribution in [0.1, 0.15) is 42.1 Å². The van der Waals surface area contributed by atoms with Gasteiger partial charge in [-0.2, -0.15) is 0 Å². The summed E-state index contributed by atoms with van der Waals surface area (Å²) in [5.74, 6) is 0.0815. The van der Waals surface area contributed by atoms with Crippen molar-refractivity contribution in [3.8, 4) is 0 Å². The summed E-state index contributed by atoms with van der Waals surface area (Å²) < 4.78 is 11.3. The second kappa shape index (κ2) is 6.54. The average Bonchev–Trinajstić information content (AvgIpc) is 3.08. The highest BCUT2D eigenvalue weighted by molar-refractivity contribution is 5.95. The fourth-order valence-corrected chi connectivity index (χ4v) is 3.16. The minimum Gasteiger partial charge on any atom is -0.348 e. The number of rotatable bonds is 3. The van der Waals surface area contributed by atoms with Crippen LogP contribution >= 0.6 is 0 Å². The summed E-state index contributed by atoms with van der Waals surface area (Å²) in [4.78, 5) is 19.0. The van der Waals surface area contributed by atoms with Gasteiger partial charge in [-0.15, -0.1) is 0 Å². The van der Waals surface area contributed by atoms with Crippen LogP contribution in [0.5, 0.6) is 0 Å². The molecule has 0 aliphatic carbocycles. The Morgan fingerprint density at radius 3 is 2.95 bits per heavy atom. The molecule has 0 bridgehead atoms. The molecule has 0 saturated carbocycles. The van der Waals surface area contributed by atoms with Crippen LogP contribution < -0.4 is 0 Å². The van der Waals surface area contributed by atoms with Crippen LogP contribution in [0.4, 0.5) is 0 Å². The van der Waals surface area contributed by atoms with E-state index in [1.54, 1.807) is 12.4 Å². The lowest BCUT2D eigenvalue weighted by Gasteiger charge is -2.38. The van der Waals surface area contributed by atoms with Crippen LogP contribution in [0.2, 0.25) is 0 Å². The molecule has 1 atom stereocenters. The minimum absolute atomic E-state index is 0.0339. The van der Waals surface area contributed by atoms with Crippen molar-refractivity contribution in [1.29, 1.82) is 0 Å². The van der Waals surface area contributed by atoms with Crippen molar-refractivity contribution in [3.05, 3.63) is 29.6 Å². The molecule has 5 nitrogen and oxygen atoms in total. The average molecular weight is 290 g/mol. The predicted molar refractivity (Wildman–Crippen MR) is 78.0 cm³/mol. The number of hydrogen-bond acceptors (Lipinski definition) is 4. The van der Waals surface area contributed by atoms with Gasteiger partial charge in [0.2, 0.25) is 0 Å². The number of pyridine rings is 1. The first kappa shape index (κ1) is 14.5. The van der Waals surface area contributed by atoms with Gasteiger partial charge in [0.25, 0.3) is 5.91 Å². The van der Waals surface area contributed by atoms with E-state index in [9.17, 15) is 4.79 Å². The number of likely N-dealkylation sites (tertiary alicyclic amines) is 1. The van der Waals surface area contributed by atoms with E-state index < -0.39 is 0 Å². The molecule has 3 rings (SSSR count). The molecule has 3 heterocycles. The second-order valence-corrected chi connectivity index (χ2v) is 5.56. The molecule has 2 saturated heterocycles. The summed E-state index contributed by atoms with van der Waals surface area (Å²) in [5.41, 5.74) is 1.76. The Labute approximate surface area is 125 Å². The predicted octanol–water partition coefficient (Wildman–Crippen LogP) is 2.01. The summed E-state index contributed by atoms with van der Waals surface area (Å²) in [5, 5.41) is 0. The molecule has 1 aromatic rings. The van der Waals surface area contributed by atoms with E-state index in [2.05, 4.69) is 4.98 Å². The third kappa shape index (κ3) is 2.94. The standard InChI is InChI=1S/C16H22N2O3/c1-2-12-11-17-7-6-13(12)15(19)18-8-4-3-5-14(18)16-20-9-10-21-16/h6-7,11,14,16H,2-5,8-10H2,1H3. The largest absolute Gasteiger partial charge is 0.348 e. The monoisotopic (exact) mass is 290 g/mol. The van der Waals surface area contributed by atoms with Gasteiger partial charge in [-0.25, -0.2) is 0 Å². The molecule has 0 radical (unpaired) electrons. The van der Waals surface area contributed by atoms with E-state index in [1.807, 2.05) is 17.9 Å². The van der Waals surface area contributed by atoms with Crippen molar-refractivity contribution in [2.24, 2.45) is 0 Å². The first-order chi connectivity index (χ1) is 10.3. The molecular weight excluding hydrogens is 268 g/mol. The third-order valence-corrected chi connectivity index (χ3v) is 4.29. The maximum absolute atomic E-state index is 12.9. The van der Waals surface area contributed by atoms with E-state index in [0.29, 0.717) is 13.2 Å². The van der Waals surface area contributed by atoms with E-state index in [4.69, 9.17) is 9.47 Å². The van der Waals surface area contributed by atoms with Gasteiger partial charge in [0, 0.05) is 24.5 Å². The minimum atomic E-state index is -0.263. The van der Waals surface area contributed by atoms with Gasteiger partial charge in [-0.3, -0.25) is 9.78 Å². The van der Waals surface area contributed by atoms with E-state index in [-0.39, 0.29) is 18.2 Å². The summed E-state index contributed by atoms with van der Waals surface area (Å²) in [6.45, 7) is 4.07. The highest BCUT2D eigenvalue weighted by atomic mass is 16.7. The van der Waals surface area contributed by atoms with Crippen LogP contribution in [0.25, 0.3) is 0 Å². The molecule has 1 amide bonds. The van der Waals surface area contributed by atoms with Crippen molar-refractivity contribution in [2.45, 2.75) is 44.9 Å². The molecule has 1 aromatic heterocycles. The van der Waals surface area contributed by atoms with Crippen LogP contribution in [0.15, 0.2) is 18.5 Å². The highest BCUT2D eigenvalue weighted by Gasteiger charge is 2.36. The van der Waals surface area contributed by atoms with Crippen molar-refractivity contribution in [1.82, 2.24) is 9.88 Å². The van der Waals surface area contributed by atoms with E-state index in [0.717, 1.165) is 43.4 Å². The maximum atomic E-state index is 12.9. The number of hydrogen-bond donors (Lipinski definition) is 0. The van der Waals surface area contributed by atoms with Crippen molar-refractivity contribution in [2.75, 3.05) is 19.8 Å². The summed E-state index contributed by atoms with van der Waals surface area (Å²) >= 11 is 0. The molecule has 0 aromatic carbocycles. The zero-order chi connectivity index (χ0) is 14.7. The summed E-state index contributed by atoms with van der Waals surface area (Å²) in [6.07, 6.45) is 7.13. The van der Waals surface area contributed by atoms with E-state index in [1.165, 1.54) is 0 Å². The Bertz CT molecular complexity index is 500. The van der Waals surface area contributed by atoms with Crippen molar-refractivity contribution < 1.29 is 14.3 Å². The molecule has 2 fully saturated rings. The fraction of sp³-hybridized carbons (Fsp3) is 0.625. The molecular formula is C16H22N2O3. The van der Waals surface area contributed by atoms with E-state index >= 15 is 0 Å². The quantitative estimate of drug-likeness (QED) is 0.854. The third-order valence-electron chi connectivity index (χ3n) is 4.29. The van der Waals surface area contributed by atoms with Crippen LogP contribution in [-0.2, 0) is 15.9 Å². The van der Waals surface area contributed by atoms with Gasteiger partial charge < -0.3 is 14.4 Å². The van der Waals surface area contributed by atoms with Crippen LogP contribution in [0, 0.1) is 0 Å². The SMILES string of the molecule is CCc1cnccc1C(=O)N1CCCCC1C1OCCO1. The Hall–Kier alpha value is -1.46. The van der Waals surface area contributed by atoms with Gasteiger partial charge in [0.05, 0.1) is 19.3 Å². The van der Waals surface area contributed by atoms with Gasteiger partial charge in [0.1, 0.15) is 0 Å². The number of aryl methyl sites for hydroxylation is 1. The highest BCUT2D eigenvalue weighted by Crippen LogP contribution is 2.26. The van der Waals surface area contributed by atoms with Gasteiger partial charge in [-0.1, -0.05) is 6.92 Å². The number of amides is 1. The summed E-state index contributed by atoms with van der Waals surface area (Å²) in [7, 11) is 0. The number of ether oxygens (including phenoxy) is 2. The number of piperidine rings is 1. The lowest BCUT2D eigenvalue weighted by atomic mass is 9.99. The number of carbonyl (C=O) groups is 1. The molecule has 5 heteroatoms. The Kier molecular flexibility index (Phi) is 4.51. The molecule has 114 valence electrons. The molecule has 1 unspecified atom stereocenters. The number of carbonyl (C=O) groups excluding carboxylic acids is 1. The van der Waals surface area contributed by atoms with Crippen molar-refractivity contribution in [3.63, 3.8) is 0 Å². The van der Waals surface area contributed by atoms with Crippen molar-refractivity contribution >= 4 is 5.91 Å². The first-order valence-electron chi connectivity index (χ1n) is 7.78. The Morgan fingerprint density at radius 2 is 2.19 bits per heavy atom. The summed E-state index contributed by atoms with van der Waals surface area (Å²) in [6, 6.07) is 1.86. The Balaban J connectivity index is 1.83. The topological polar surface area (TPSA) is 51.7 Å². The number of nitrogens with zero attached hydrogens (tertiary/aromatic N) is 2. The molecule has 2 aliphatic heterocycles. The van der Waals surface area contributed by atoms with Gasteiger partial charge >= 0.3 is 0 Å². The maximum Gasteiger partial charge on any atom is 0.254 e. The first-order valence-corrected chi connectivity index (χ1v) is 7.78.